The molecule has 32 heavy (non-hydrogen) atoms. The predicted octanol–water partition coefficient (Wildman–Crippen LogP) is 4.21. The Kier molecular flexibility index (Phi) is 6.35. The predicted molar refractivity (Wildman–Crippen MR) is 119 cm³/mol. The molecular weight excluding hydrogens is 438 g/mol. The van der Waals surface area contributed by atoms with Gasteiger partial charge in [-0.25, -0.2) is 0 Å². The summed E-state index contributed by atoms with van der Waals surface area (Å²) in [6.45, 7) is 10.3. The van der Waals surface area contributed by atoms with Crippen LogP contribution in [0.1, 0.15) is 34.1 Å². The Morgan fingerprint density at radius 3 is 2.69 bits per heavy atom. The van der Waals surface area contributed by atoms with Gasteiger partial charge in [0.1, 0.15) is 18.2 Å². The first-order valence-corrected chi connectivity index (χ1v) is 10.6. The molecule has 0 radical (unpaired) electrons. The highest BCUT2D eigenvalue weighted by molar-refractivity contribution is 6.31. The third-order valence-electron chi connectivity index (χ3n) is 5.37. The van der Waals surface area contributed by atoms with Gasteiger partial charge in [0, 0.05) is 18.0 Å². The summed E-state index contributed by atoms with van der Waals surface area (Å²) in [7, 11) is 0. The van der Waals surface area contributed by atoms with E-state index < -0.39 is 34.4 Å². The zero-order valence-electron chi connectivity index (χ0n) is 18.5. The smallest absolute Gasteiger partial charge is 0.455 e. The van der Waals surface area contributed by atoms with Crippen molar-refractivity contribution in [1.82, 2.24) is 9.55 Å². The van der Waals surface area contributed by atoms with Crippen LogP contribution in [-0.4, -0.2) is 55.6 Å². The van der Waals surface area contributed by atoms with E-state index in [0.717, 1.165) is 0 Å². The molecule has 2 heterocycles. The summed E-state index contributed by atoms with van der Waals surface area (Å²) in [6.07, 6.45) is -1.07. The van der Waals surface area contributed by atoms with Crippen LogP contribution >= 0.6 is 11.6 Å². The number of imide groups is 1. The molecule has 2 amide bonds. The number of fused-ring (bicyclic) bond motifs is 1. The maximum atomic E-state index is 13.0. The number of carboxylic acid groups (broad SMARTS) is 1. The second-order valence-electron chi connectivity index (χ2n) is 8.90. The number of likely N-dealkylation sites (tertiary alicyclic amines) is 1. The normalized spacial score (nSPS) is 23.2. The number of amides is 2. The van der Waals surface area contributed by atoms with E-state index in [0.29, 0.717) is 15.9 Å². The average Bonchev–Trinajstić information content (AvgIpc) is 3.00. The van der Waals surface area contributed by atoms with E-state index >= 15 is 0 Å². The highest BCUT2D eigenvalue weighted by Crippen LogP contribution is 2.33. The highest BCUT2D eigenvalue weighted by Gasteiger charge is 2.60. The quantitative estimate of drug-likeness (QED) is 0.533. The summed E-state index contributed by atoms with van der Waals surface area (Å²) < 4.78 is 11.8. The Bertz CT molecular complexity index is 1140. The van der Waals surface area contributed by atoms with E-state index in [1.54, 1.807) is 45.9 Å². The van der Waals surface area contributed by atoms with Gasteiger partial charge in [0.2, 0.25) is 0 Å². The van der Waals surface area contributed by atoms with Gasteiger partial charge in [-0.1, -0.05) is 17.7 Å². The van der Waals surface area contributed by atoms with Gasteiger partial charge >= 0.3 is 18.2 Å². The Balaban J connectivity index is 1.99. The van der Waals surface area contributed by atoms with Gasteiger partial charge in [-0.05, 0) is 45.9 Å². The molecule has 1 aromatic heterocycles. The Morgan fingerprint density at radius 1 is 1.41 bits per heavy atom. The van der Waals surface area contributed by atoms with Crippen LogP contribution in [0.3, 0.4) is 0 Å². The van der Waals surface area contributed by atoms with E-state index in [-0.39, 0.29) is 31.1 Å². The molecule has 172 valence electrons. The Morgan fingerprint density at radius 2 is 2.09 bits per heavy atom. The molecule has 3 rings (SSSR count). The molecule has 2 aromatic rings. The van der Waals surface area contributed by atoms with Gasteiger partial charge in [0.15, 0.2) is 6.10 Å². The second kappa shape index (κ2) is 8.55. The van der Waals surface area contributed by atoms with E-state index in [1.165, 1.54) is 10.6 Å². The standard InChI is InChI=1S/C22H26ClN3O6/c1-6-9-25-18(27)16-8-7-14(23)11-17(16)24-19(25)31-15-10-13(2)26(12-15,20(28)29)21(30)32-22(3,4)5/h6-8,11,13,15H,1,9-10,12H2,2-5H3/p+1/t13?,15-,26?/m1/s1. The minimum Gasteiger partial charge on any atom is -0.455 e. The summed E-state index contributed by atoms with van der Waals surface area (Å²) in [4.78, 5) is 42.5. The van der Waals surface area contributed by atoms with Gasteiger partial charge in [-0.3, -0.25) is 9.36 Å². The van der Waals surface area contributed by atoms with Crippen molar-refractivity contribution < 1.29 is 28.7 Å². The zero-order valence-corrected chi connectivity index (χ0v) is 19.3. The largest absolute Gasteiger partial charge is 0.527 e. The van der Waals surface area contributed by atoms with Crippen molar-refractivity contribution in [2.45, 2.75) is 58.4 Å². The molecular formula is C22H27ClN3O6+. The topological polar surface area (TPSA) is 108 Å². The number of benzene rings is 1. The first-order valence-electron chi connectivity index (χ1n) is 10.2. The number of ether oxygens (including phenoxy) is 2. The molecule has 1 fully saturated rings. The Labute approximate surface area is 190 Å². The molecule has 0 saturated carbocycles. The molecule has 10 heteroatoms. The average molecular weight is 465 g/mol. The van der Waals surface area contributed by atoms with Crippen LogP contribution in [0, 0.1) is 0 Å². The molecule has 9 nitrogen and oxygen atoms in total. The molecule has 1 aliphatic heterocycles. The summed E-state index contributed by atoms with van der Waals surface area (Å²) in [5, 5.41) is 10.7. The van der Waals surface area contributed by atoms with Crippen molar-refractivity contribution in [3.8, 4) is 6.01 Å². The molecule has 0 aliphatic carbocycles. The number of halogens is 1. The monoisotopic (exact) mass is 464 g/mol. The summed E-state index contributed by atoms with van der Waals surface area (Å²) >= 11 is 6.05. The number of carbonyl (C=O) groups excluding carboxylic acids is 1. The van der Waals surface area contributed by atoms with Crippen molar-refractivity contribution in [2.24, 2.45) is 0 Å². The summed E-state index contributed by atoms with van der Waals surface area (Å²) in [5.74, 6) is 0. The molecule has 3 atom stereocenters. The van der Waals surface area contributed by atoms with E-state index in [1.807, 2.05) is 0 Å². The van der Waals surface area contributed by atoms with Crippen molar-refractivity contribution in [3.05, 3.63) is 46.2 Å². The maximum Gasteiger partial charge on any atom is 0.527 e. The fourth-order valence-corrected chi connectivity index (χ4v) is 4.03. The zero-order chi connectivity index (χ0) is 23.8. The minimum absolute atomic E-state index is 0.0106. The number of carbonyl (C=O) groups is 2. The van der Waals surface area contributed by atoms with Crippen molar-refractivity contribution >= 4 is 34.7 Å². The van der Waals surface area contributed by atoms with Crippen LogP contribution in [0.25, 0.3) is 10.9 Å². The second-order valence-corrected chi connectivity index (χ2v) is 9.34. The first kappa shape index (κ1) is 23.7. The number of allylic oxidation sites excluding steroid dienone is 1. The summed E-state index contributed by atoms with van der Waals surface area (Å²) in [6, 6.07) is 4.14. The molecule has 1 aromatic carbocycles. The van der Waals surface area contributed by atoms with Gasteiger partial charge in [0.25, 0.3) is 5.56 Å². The molecule has 0 spiro atoms. The van der Waals surface area contributed by atoms with Gasteiger partial charge in [-0.2, -0.15) is 14.6 Å². The van der Waals surface area contributed by atoms with Crippen LogP contribution in [0.5, 0.6) is 6.01 Å². The fraction of sp³-hybridized carbons (Fsp3) is 0.455. The molecule has 1 N–H and O–H groups in total. The van der Waals surface area contributed by atoms with Gasteiger partial charge in [0.05, 0.1) is 10.9 Å². The van der Waals surface area contributed by atoms with Crippen LogP contribution < -0.4 is 10.3 Å². The number of hydrogen-bond acceptors (Lipinski definition) is 6. The van der Waals surface area contributed by atoms with Crippen LogP contribution in [0.15, 0.2) is 35.6 Å². The minimum atomic E-state index is -1.32. The van der Waals surface area contributed by atoms with Gasteiger partial charge < -0.3 is 14.6 Å². The maximum absolute atomic E-state index is 13.0. The number of nitrogens with zero attached hydrogens (tertiary/aromatic N) is 3. The Hall–Kier alpha value is -2.91. The molecule has 0 bridgehead atoms. The van der Waals surface area contributed by atoms with Gasteiger partial charge in [-0.15, -0.1) is 11.1 Å². The van der Waals surface area contributed by atoms with E-state index in [2.05, 4.69) is 11.6 Å². The lowest BCUT2D eigenvalue weighted by atomic mass is 10.2. The van der Waals surface area contributed by atoms with E-state index in [9.17, 15) is 19.5 Å². The van der Waals surface area contributed by atoms with Crippen molar-refractivity contribution in [3.63, 3.8) is 0 Å². The lowest BCUT2D eigenvalue weighted by Crippen LogP contribution is -2.60. The summed E-state index contributed by atoms with van der Waals surface area (Å²) in [5.41, 5.74) is -0.825. The number of rotatable bonds is 4. The van der Waals surface area contributed by atoms with Crippen LogP contribution in [0.2, 0.25) is 5.02 Å². The molecule has 1 aliphatic rings. The lowest BCUT2D eigenvalue weighted by molar-refractivity contribution is -0.797. The first-order chi connectivity index (χ1) is 14.9. The van der Waals surface area contributed by atoms with Crippen LogP contribution in [0.4, 0.5) is 9.59 Å². The third-order valence-corrected chi connectivity index (χ3v) is 5.61. The highest BCUT2D eigenvalue weighted by atomic mass is 35.5. The fourth-order valence-electron chi connectivity index (χ4n) is 3.87. The lowest BCUT2D eigenvalue weighted by Gasteiger charge is -2.31. The van der Waals surface area contributed by atoms with Crippen molar-refractivity contribution in [2.75, 3.05) is 6.54 Å². The number of quaternary nitrogens is 1. The SMILES string of the molecule is C=CCn1c(O[C@@H]2CC(C)[N+](C(=O)O)(C(=O)OC(C)(C)C)C2)nc2cc(Cl)ccc2c1=O. The number of aromatic nitrogens is 2. The molecule has 2 unspecified atom stereocenters. The third kappa shape index (κ3) is 4.35. The van der Waals surface area contributed by atoms with Crippen molar-refractivity contribution in [1.29, 1.82) is 0 Å². The number of hydrogen-bond donors (Lipinski definition) is 1. The van der Waals surface area contributed by atoms with Crippen LogP contribution in [-0.2, 0) is 11.3 Å². The van der Waals surface area contributed by atoms with E-state index in [4.69, 9.17) is 21.1 Å². The molecule has 1 saturated heterocycles.